The predicted molar refractivity (Wildman–Crippen MR) is 257 cm³/mol. The van der Waals surface area contributed by atoms with Crippen LogP contribution in [0.1, 0.15) is 75.8 Å². The van der Waals surface area contributed by atoms with Crippen LogP contribution in [0.15, 0.2) is 164 Å². The fourth-order valence-corrected chi connectivity index (χ4v) is 7.66. The molecule has 0 nitrogen and oxygen atoms in total. The maximum absolute atomic E-state index is 5.66. The molecule has 0 aliphatic heterocycles. The van der Waals surface area contributed by atoms with Crippen LogP contribution in [0.25, 0.3) is 44.2 Å². The summed E-state index contributed by atoms with van der Waals surface area (Å²) < 4.78 is 2.13. The predicted octanol–water partition coefficient (Wildman–Crippen LogP) is 15.8. The molecule has 7 aromatic rings. The number of fused-ring (bicyclic) bond motifs is 4. The van der Waals surface area contributed by atoms with E-state index in [1.54, 1.807) is 0 Å². The van der Waals surface area contributed by atoms with E-state index in [0.29, 0.717) is 0 Å². The van der Waals surface area contributed by atoms with Crippen LogP contribution >= 0.6 is 36.4 Å². The van der Waals surface area contributed by atoms with Gasteiger partial charge in [0.2, 0.25) is 0 Å². The Hall–Kier alpha value is -4.10. The summed E-state index contributed by atoms with van der Waals surface area (Å²) in [5, 5.41) is 3.24. The van der Waals surface area contributed by atoms with E-state index in [-0.39, 0.29) is 35.6 Å². The number of benzene rings is 7. The molecule has 0 heterocycles. The normalized spacial score (nSPS) is 11.8. The monoisotopic (exact) mass is 907 g/mol. The zero-order valence-corrected chi connectivity index (χ0v) is 39.6. The number of hydrogen-bond donors (Lipinski definition) is 0. The SMILES string of the molecule is CC(C)(C)c1cc2c([c-]c1-c1ccccc1)Cc1cc(-c3ccccc3)c(C(C)(C)C)cc1-2.Cl.Cl.Clc1ccc([CH]=[Zr])cc1.[C-]1=CC=CC1.[c-]1cccc2ccccc12. The van der Waals surface area contributed by atoms with Crippen molar-refractivity contribution < 1.29 is 24.2 Å². The van der Waals surface area contributed by atoms with Gasteiger partial charge in [-0.15, -0.1) is 107 Å². The number of halogens is 3. The third-order valence-electron chi connectivity index (χ3n) is 10.0. The van der Waals surface area contributed by atoms with E-state index in [9.17, 15) is 0 Å². The Morgan fingerprint density at radius 2 is 1.22 bits per heavy atom. The average molecular weight is 911 g/mol. The van der Waals surface area contributed by atoms with Gasteiger partial charge < -0.3 is 0 Å². The molecule has 2 aliphatic carbocycles. The first-order valence-corrected chi connectivity index (χ1v) is 21.4. The Morgan fingerprint density at radius 1 is 0.627 bits per heavy atom. The molecule has 59 heavy (non-hydrogen) atoms. The van der Waals surface area contributed by atoms with E-state index in [2.05, 4.69) is 167 Å². The molecule has 0 fully saturated rings. The molecule has 2 aliphatic rings. The molecular weight excluding hydrogens is 858 g/mol. The van der Waals surface area contributed by atoms with Gasteiger partial charge in [0, 0.05) is 0 Å². The summed E-state index contributed by atoms with van der Waals surface area (Å²) in [6.07, 6.45) is 10.9. The fraction of sp³-hybridized carbons (Fsp3) is 0.182. The van der Waals surface area contributed by atoms with Gasteiger partial charge in [-0.3, -0.25) is 6.08 Å². The van der Waals surface area contributed by atoms with Crippen LogP contribution < -0.4 is 0 Å². The second-order valence-electron chi connectivity index (χ2n) is 16.4. The third-order valence-corrected chi connectivity index (χ3v) is 11.1. The molecule has 0 radical (unpaired) electrons. The molecule has 0 unspecified atom stereocenters. The molecule has 0 spiro atoms. The Balaban J connectivity index is 0.000000238. The smallest absolute Gasteiger partial charge is 0.0801 e. The Bertz CT molecular complexity index is 2300. The second kappa shape index (κ2) is 22.0. The van der Waals surface area contributed by atoms with Crippen LogP contribution in [0, 0.1) is 18.2 Å². The van der Waals surface area contributed by atoms with Crippen LogP contribution in [0.5, 0.6) is 0 Å². The van der Waals surface area contributed by atoms with Crippen LogP contribution in [-0.2, 0) is 41.5 Å². The molecule has 0 atom stereocenters. The van der Waals surface area contributed by atoms with Crippen molar-refractivity contribution >= 4 is 50.9 Å². The summed E-state index contributed by atoms with van der Waals surface area (Å²) in [7, 11) is 0. The van der Waals surface area contributed by atoms with Crippen molar-refractivity contribution in [2.75, 3.05) is 0 Å². The molecule has 0 bridgehead atoms. The molecule has 0 amide bonds. The van der Waals surface area contributed by atoms with E-state index in [4.69, 9.17) is 11.6 Å². The second-order valence-corrected chi connectivity index (χ2v) is 17.5. The van der Waals surface area contributed by atoms with Crippen molar-refractivity contribution in [1.82, 2.24) is 0 Å². The topological polar surface area (TPSA) is 0 Å². The average Bonchev–Trinajstić information content (AvgIpc) is 3.93. The first-order valence-electron chi connectivity index (χ1n) is 19.6. The molecule has 0 N–H and O–H groups in total. The summed E-state index contributed by atoms with van der Waals surface area (Å²) in [5.41, 5.74) is 14.7. The van der Waals surface area contributed by atoms with E-state index < -0.39 is 0 Å². The van der Waals surface area contributed by atoms with Crippen molar-refractivity contribution in [1.29, 1.82) is 0 Å². The molecule has 4 heteroatoms. The minimum atomic E-state index is 0. The summed E-state index contributed by atoms with van der Waals surface area (Å²) in [6.45, 7) is 13.9. The van der Waals surface area contributed by atoms with Crippen molar-refractivity contribution in [3.8, 4) is 33.4 Å². The summed E-state index contributed by atoms with van der Waals surface area (Å²) >= 11 is 7.08. The minimum Gasteiger partial charge on any atom is -0.273 e. The van der Waals surface area contributed by atoms with Gasteiger partial charge in [-0.2, -0.15) is 6.08 Å². The van der Waals surface area contributed by atoms with Gasteiger partial charge in [-0.05, 0) is 39.5 Å². The van der Waals surface area contributed by atoms with Gasteiger partial charge in [-0.25, -0.2) is 12.2 Å². The molecule has 0 aromatic heterocycles. The van der Waals surface area contributed by atoms with Crippen LogP contribution in [0.2, 0.25) is 5.02 Å². The van der Waals surface area contributed by atoms with Gasteiger partial charge in [0.1, 0.15) is 0 Å². The van der Waals surface area contributed by atoms with E-state index >= 15 is 0 Å². The van der Waals surface area contributed by atoms with Crippen LogP contribution in [0.4, 0.5) is 0 Å². The van der Waals surface area contributed by atoms with Crippen LogP contribution in [0.3, 0.4) is 0 Å². The Labute approximate surface area is 385 Å². The zero-order chi connectivity index (χ0) is 40.4. The zero-order valence-electron chi connectivity index (χ0n) is 34.8. The van der Waals surface area contributed by atoms with E-state index in [1.165, 1.54) is 96.2 Å². The molecule has 0 saturated heterocycles. The first-order chi connectivity index (χ1) is 27.4. The maximum atomic E-state index is 5.66. The molecule has 300 valence electrons. The van der Waals surface area contributed by atoms with E-state index in [0.717, 1.165) is 17.9 Å². The Morgan fingerprint density at radius 3 is 1.78 bits per heavy atom. The van der Waals surface area contributed by atoms with Crippen molar-refractivity contribution in [3.63, 3.8) is 0 Å². The van der Waals surface area contributed by atoms with E-state index in [1.807, 2.05) is 60.7 Å². The number of rotatable bonds is 3. The summed E-state index contributed by atoms with van der Waals surface area (Å²) in [6, 6.07) is 58.0. The third kappa shape index (κ3) is 12.7. The molecule has 9 rings (SSSR count). The Kier molecular flexibility index (Phi) is 17.7. The van der Waals surface area contributed by atoms with Crippen molar-refractivity contribution in [2.24, 2.45) is 0 Å². The molecule has 7 aromatic carbocycles. The molecular formula is C55H52Cl3Zr-3. The van der Waals surface area contributed by atoms with Crippen molar-refractivity contribution in [2.45, 2.75) is 65.2 Å². The van der Waals surface area contributed by atoms with Gasteiger partial charge >= 0.3 is 74.4 Å². The van der Waals surface area contributed by atoms with Crippen LogP contribution in [-0.4, -0.2) is 3.71 Å². The quantitative estimate of drug-likeness (QED) is 0.155. The fourth-order valence-electron chi connectivity index (χ4n) is 7.06. The largest absolute Gasteiger partial charge is 0.273 e. The van der Waals surface area contributed by atoms with Gasteiger partial charge in [0.05, 0.1) is 0 Å². The number of allylic oxidation sites excluding steroid dienone is 4. The number of hydrogen-bond acceptors (Lipinski definition) is 0. The summed E-state index contributed by atoms with van der Waals surface area (Å²) in [4.78, 5) is 0. The van der Waals surface area contributed by atoms with Gasteiger partial charge in [0.15, 0.2) is 0 Å². The standard InChI is InChI=1S/C33H33.C10H7.C7H5Cl.C5H5.2ClH.Zr/c1-32(2,3)30-20-26-24(18-28(30)22-13-9-7-10-14-22)17-25-19-29(23-15-11-8-12-16-23)31(21-27(25)26)33(4,5)6;1-2-6-10-8-4-3-7-9(10)5-1;1-6-2-4-7(8)5-3-6;1-2-4-5-3-1;;;/h7-16,18,20-21H,17H2,1-6H3;1-7H;1-5H;1-3H,4H2;2*1H;/q2*-1;;-1;;;. The van der Waals surface area contributed by atoms with Gasteiger partial charge in [0.25, 0.3) is 0 Å². The first kappa shape index (κ1) is 47.6. The molecule has 0 saturated carbocycles. The van der Waals surface area contributed by atoms with Crippen molar-refractivity contribution in [3.05, 3.63) is 215 Å². The minimum absolute atomic E-state index is 0. The van der Waals surface area contributed by atoms with Gasteiger partial charge in [-0.1, -0.05) is 143 Å². The summed E-state index contributed by atoms with van der Waals surface area (Å²) in [5.74, 6) is 0. The maximum Gasteiger partial charge on any atom is -0.0801 e.